The van der Waals surface area contributed by atoms with Gasteiger partial charge in [-0.1, -0.05) is 30.3 Å². The van der Waals surface area contributed by atoms with Crippen molar-refractivity contribution < 1.29 is 22.7 Å². The molecule has 6 nitrogen and oxygen atoms in total. The number of carbonyl (C=O) groups is 2. The molecule has 1 atom stereocenters. The minimum atomic E-state index is -2.99. The molecule has 1 saturated heterocycles. The minimum Gasteiger partial charge on any atom is -0.452 e. The summed E-state index contributed by atoms with van der Waals surface area (Å²) < 4.78 is 28.5. The zero-order valence-electron chi connectivity index (χ0n) is 15.4. The van der Waals surface area contributed by atoms with Gasteiger partial charge in [-0.3, -0.25) is 4.79 Å². The second kappa shape index (κ2) is 8.79. The Morgan fingerprint density at radius 2 is 1.86 bits per heavy atom. The fourth-order valence-corrected chi connectivity index (χ4v) is 6.50. The maximum Gasteiger partial charge on any atom is 0.339 e. The Morgan fingerprint density at radius 3 is 2.57 bits per heavy atom. The molecule has 0 unspecified atom stereocenters. The van der Waals surface area contributed by atoms with Gasteiger partial charge in [0.25, 0.3) is 5.91 Å². The Hall–Kier alpha value is -2.32. The van der Waals surface area contributed by atoms with E-state index in [9.17, 15) is 18.0 Å². The van der Waals surface area contributed by atoms with Crippen LogP contribution in [-0.2, 0) is 19.4 Å². The van der Waals surface area contributed by atoms with Crippen LogP contribution < -0.4 is 5.32 Å². The van der Waals surface area contributed by atoms with Crippen LogP contribution in [0, 0.1) is 6.92 Å². The first kappa shape index (κ1) is 20.4. The van der Waals surface area contributed by atoms with Crippen molar-refractivity contribution in [2.45, 2.75) is 23.5 Å². The van der Waals surface area contributed by atoms with E-state index < -0.39 is 28.3 Å². The number of benzene rings is 2. The van der Waals surface area contributed by atoms with E-state index in [1.807, 2.05) is 25.1 Å². The maximum absolute atomic E-state index is 12.5. The molecule has 28 heavy (non-hydrogen) atoms. The predicted octanol–water partition coefficient (Wildman–Crippen LogP) is 3.07. The smallest absolute Gasteiger partial charge is 0.339 e. The third kappa shape index (κ3) is 5.36. The highest BCUT2D eigenvalue weighted by Crippen LogP contribution is 2.33. The van der Waals surface area contributed by atoms with Gasteiger partial charge in [-0.2, -0.15) is 0 Å². The maximum atomic E-state index is 12.5. The monoisotopic (exact) mass is 419 g/mol. The number of hydrogen-bond acceptors (Lipinski definition) is 6. The van der Waals surface area contributed by atoms with Crippen LogP contribution in [0.25, 0.3) is 0 Å². The van der Waals surface area contributed by atoms with E-state index in [4.69, 9.17) is 4.74 Å². The molecular formula is C20H21NO5S2. The van der Waals surface area contributed by atoms with Crippen molar-refractivity contribution in [3.63, 3.8) is 0 Å². The SMILES string of the molecule is Cc1ccccc1NC(=O)COC(=O)c1ccccc1S[C@@H]1CCS(=O)(=O)C1. The lowest BCUT2D eigenvalue weighted by Gasteiger charge is -2.12. The van der Waals surface area contributed by atoms with Gasteiger partial charge >= 0.3 is 5.97 Å². The molecule has 3 rings (SSSR count). The number of esters is 1. The normalized spacial score (nSPS) is 17.8. The zero-order chi connectivity index (χ0) is 20.1. The standard InChI is InChI=1S/C20H21NO5S2/c1-14-6-2-4-8-17(14)21-19(22)12-26-20(23)16-7-3-5-9-18(16)27-15-10-11-28(24,25)13-15/h2-9,15H,10-13H2,1H3,(H,21,22)/t15-/m1/s1. The summed E-state index contributed by atoms with van der Waals surface area (Å²) in [4.78, 5) is 25.2. The first-order chi connectivity index (χ1) is 13.3. The lowest BCUT2D eigenvalue weighted by atomic mass is 10.2. The number of nitrogens with one attached hydrogen (secondary N) is 1. The van der Waals surface area contributed by atoms with Gasteiger partial charge in [0, 0.05) is 15.8 Å². The minimum absolute atomic E-state index is 0.0803. The van der Waals surface area contributed by atoms with Crippen LogP contribution in [0.4, 0.5) is 5.69 Å². The van der Waals surface area contributed by atoms with Crippen molar-refractivity contribution in [2.24, 2.45) is 0 Å². The van der Waals surface area contributed by atoms with Crippen molar-refractivity contribution in [1.29, 1.82) is 0 Å². The van der Waals surface area contributed by atoms with Crippen LogP contribution in [0.3, 0.4) is 0 Å². The molecule has 0 spiro atoms. The first-order valence-electron chi connectivity index (χ1n) is 8.83. The second-order valence-electron chi connectivity index (χ2n) is 6.58. The highest BCUT2D eigenvalue weighted by molar-refractivity contribution is 8.02. The predicted molar refractivity (Wildman–Crippen MR) is 109 cm³/mol. The summed E-state index contributed by atoms with van der Waals surface area (Å²) in [7, 11) is -2.99. The Morgan fingerprint density at radius 1 is 1.14 bits per heavy atom. The molecule has 0 saturated carbocycles. The fraction of sp³-hybridized carbons (Fsp3) is 0.300. The largest absolute Gasteiger partial charge is 0.452 e. The molecule has 0 radical (unpaired) electrons. The van der Waals surface area contributed by atoms with Crippen molar-refractivity contribution in [3.05, 3.63) is 59.7 Å². The number of hydrogen-bond donors (Lipinski definition) is 1. The van der Waals surface area contributed by atoms with Gasteiger partial charge in [-0.05, 0) is 37.1 Å². The van der Waals surface area contributed by atoms with Crippen LogP contribution in [0.2, 0.25) is 0 Å². The Labute approximate surface area is 168 Å². The Kier molecular flexibility index (Phi) is 6.41. The topological polar surface area (TPSA) is 89.5 Å². The van der Waals surface area contributed by atoms with Gasteiger partial charge < -0.3 is 10.1 Å². The molecule has 1 amide bonds. The van der Waals surface area contributed by atoms with Crippen LogP contribution in [0.5, 0.6) is 0 Å². The summed E-state index contributed by atoms with van der Waals surface area (Å²) in [5, 5.41) is 2.63. The number of sulfone groups is 1. The molecule has 0 aliphatic carbocycles. The average Bonchev–Trinajstić information content (AvgIpc) is 3.00. The average molecular weight is 420 g/mol. The van der Waals surface area contributed by atoms with Gasteiger partial charge in [0.1, 0.15) is 0 Å². The second-order valence-corrected chi connectivity index (χ2v) is 10.1. The van der Waals surface area contributed by atoms with Gasteiger partial charge in [0.15, 0.2) is 16.4 Å². The van der Waals surface area contributed by atoms with Gasteiger partial charge in [-0.25, -0.2) is 13.2 Å². The van der Waals surface area contributed by atoms with E-state index >= 15 is 0 Å². The molecular weight excluding hydrogens is 398 g/mol. The molecule has 1 aliphatic heterocycles. The van der Waals surface area contributed by atoms with Crippen LogP contribution in [0.15, 0.2) is 53.4 Å². The molecule has 1 N–H and O–H groups in total. The molecule has 1 heterocycles. The van der Waals surface area contributed by atoms with E-state index in [0.29, 0.717) is 22.6 Å². The van der Waals surface area contributed by atoms with Crippen molar-refractivity contribution in [2.75, 3.05) is 23.4 Å². The van der Waals surface area contributed by atoms with Crippen molar-refractivity contribution >= 4 is 39.2 Å². The number of rotatable bonds is 6. The molecule has 148 valence electrons. The lowest BCUT2D eigenvalue weighted by Crippen LogP contribution is -2.21. The van der Waals surface area contributed by atoms with Gasteiger partial charge in [0.05, 0.1) is 17.1 Å². The van der Waals surface area contributed by atoms with E-state index in [-0.39, 0.29) is 16.8 Å². The number of anilines is 1. The summed E-state index contributed by atoms with van der Waals surface area (Å²) in [6, 6.07) is 14.2. The summed E-state index contributed by atoms with van der Waals surface area (Å²) in [5.41, 5.74) is 1.91. The Balaban J connectivity index is 1.60. The molecule has 8 heteroatoms. The number of carbonyl (C=O) groups excluding carboxylic acids is 2. The third-order valence-electron chi connectivity index (χ3n) is 4.34. The van der Waals surface area contributed by atoms with Crippen LogP contribution in [0.1, 0.15) is 22.3 Å². The summed E-state index contributed by atoms with van der Waals surface area (Å²) in [5.74, 6) is -0.741. The van der Waals surface area contributed by atoms with Crippen LogP contribution in [-0.4, -0.2) is 43.7 Å². The lowest BCUT2D eigenvalue weighted by molar-refractivity contribution is -0.119. The van der Waals surface area contributed by atoms with Crippen LogP contribution >= 0.6 is 11.8 Å². The van der Waals surface area contributed by atoms with Crippen molar-refractivity contribution in [1.82, 2.24) is 0 Å². The molecule has 2 aromatic rings. The summed E-state index contributed by atoms with van der Waals surface area (Å²) in [6.07, 6.45) is 0.565. The summed E-state index contributed by atoms with van der Waals surface area (Å²) in [6.45, 7) is 1.47. The highest BCUT2D eigenvalue weighted by atomic mass is 32.2. The molecule has 1 aliphatic rings. The van der Waals surface area contributed by atoms with E-state index in [2.05, 4.69) is 5.32 Å². The molecule has 0 bridgehead atoms. The number of thioether (sulfide) groups is 1. The number of para-hydroxylation sites is 1. The molecule has 1 fully saturated rings. The van der Waals surface area contributed by atoms with Gasteiger partial charge in [0.2, 0.25) is 0 Å². The summed E-state index contributed by atoms with van der Waals surface area (Å²) >= 11 is 1.37. The van der Waals surface area contributed by atoms with Gasteiger partial charge in [-0.15, -0.1) is 11.8 Å². The highest BCUT2D eigenvalue weighted by Gasteiger charge is 2.29. The zero-order valence-corrected chi connectivity index (χ0v) is 17.0. The van der Waals surface area contributed by atoms with E-state index in [1.165, 1.54) is 11.8 Å². The Bertz CT molecular complexity index is 988. The quantitative estimate of drug-likeness (QED) is 0.724. The molecule has 0 aromatic heterocycles. The number of ether oxygens (including phenoxy) is 1. The first-order valence-corrected chi connectivity index (χ1v) is 11.5. The fourth-order valence-electron chi connectivity index (χ4n) is 2.88. The number of amides is 1. The van der Waals surface area contributed by atoms with E-state index in [0.717, 1.165) is 5.56 Å². The molecule has 2 aromatic carbocycles. The third-order valence-corrected chi connectivity index (χ3v) is 7.67. The van der Waals surface area contributed by atoms with Crippen molar-refractivity contribution in [3.8, 4) is 0 Å². The van der Waals surface area contributed by atoms with E-state index in [1.54, 1.807) is 30.3 Å². The number of aryl methyl sites for hydroxylation is 1.